The summed E-state index contributed by atoms with van der Waals surface area (Å²) in [5.41, 5.74) is 0. The maximum absolute atomic E-state index is 2.35. The van der Waals surface area contributed by atoms with E-state index in [4.69, 9.17) is 0 Å². The Kier molecular flexibility index (Phi) is 297. The van der Waals surface area contributed by atoms with Crippen LogP contribution in [0.1, 0.15) is 857 Å². The quantitative estimate of drug-likeness (QED) is 0.0587. The van der Waals surface area contributed by atoms with Gasteiger partial charge in [0.25, 0.3) is 0 Å². The van der Waals surface area contributed by atoms with Crippen LogP contribution < -0.4 is 0 Å². The molecule has 0 aromatic heterocycles. The molecule has 0 nitrogen and oxygen atoms in total. The van der Waals surface area contributed by atoms with E-state index in [0.29, 0.717) is 0 Å². The van der Waals surface area contributed by atoms with Crippen molar-refractivity contribution >= 4 is 0 Å². The predicted octanol–water partition coefficient (Wildman–Crippen LogP) is 61.2. The van der Waals surface area contributed by atoms with Crippen molar-refractivity contribution in [1.82, 2.24) is 0 Å². The molecule has 0 radical (unpaired) electrons. The molecule has 12 saturated carbocycles. The Labute approximate surface area is 980 Å². The summed E-state index contributed by atoms with van der Waals surface area (Å²) in [5, 5.41) is 0. The molecule has 0 bridgehead atoms. The van der Waals surface area contributed by atoms with Gasteiger partial charge in [-0.15, -0.1) is 0 Å². The Balaban J connectivity index is -0.0000000513. The fourth-order valence-corrected chi connectivity index (χ4v) is 21.4. The lowest BCUT2D eigenvalue weighted by Gasteiger charge is -2.59. The fourth-order valence-electron chi connectivity index (χ4n) is 21.4. The van der Waals surface area contributed by atoms with Crippen LogP contribution in [0.25, 0.3) is 0 Å². The monoisotopic (exact) mass is 2150 g/mol. The average molecular weight is 2150 g/mol. The van der Waals surface area contributed by atoms with Gasteiger partial charge in [0.05, 0.1) is 0 Å². The van der Waals surface area contributed by atoms with E-state index in [9.17, 15) is 0 Å². The Morgan fingerprint density at radius 2 is 0.260 bits per heavy atom. The third-order valence-corrected chi connectivity index (χ3v) is 30.7. The van der Waals surface area contributed by atoms with Crippen LogP contribution in [0.3, 0.4) is 0 Å². The highest BCUT2D eigenvalue weighted by atomic mass is 14.6. The summed E-state index contributed by atoms with van der Waals surface area (Å²) >= 11 is 0. The lowest BCUT2D eigenvalue weighted by atomic mass is 9.47. The van der Waals surface area contributed by atoms with Crippen molar-refractivity contribution in [3.05, 3.63) is 0 Å². The van der Waals surface area contributed by atoms with Gasteiger partial charge in [0.1, 0.15) is 0 Å². The first-order chi connectivity index (χ1) is 74.0. The maximum Gasteiger partial charge on any atom is -0.0349 e. The highest BCUT2D eigenvalue weighted by molar-refractivity contribution is 5.02. The molecule has 12 rings (SSSR count). The predicted molar refractivity (Wildman–Crippen MR) is 742 cm³/mol. The molecule has 0 heterocycles. The van der Waals surface area contributed by atoms with E-state index in [-0.39, 0.29) is 0 Å². The zero-order valence-corrected chi connectivity index (χ0v) is 124. The summed E-state index contributed by atoms with van der Waals surface area (Å²) in [7, 11) is 0. The van der Waals surface area contributed by atoms with Crippen LogP contribution in [-0.4, -0.2) is 0 Å². The van der Waals surface area contributed by atoms with Gasteiger partial charge in [0.15, 0.2) is 0 Å². The number of hydrogen-bond acceptors (Lipinski definition) is 0. The molecule has 0 aromatic rings. The third-order valence-electron chi connectivity index (χ3n) is 30.7. The molecule has 0 saturated heterocycles. The highest BCUT2D eigenvalue weighted by Crippen LogP contribution is 2.61. The minimum absolute atomic E-state index is 1.07. The number of fused-ring (bicyclic) bond motifs is 1. The van der Waals surface area contributed by atoms with Gasteiger partial charge in [-0.1, -0.05) is 831 Å². The molecule has 12 aliphatic carbocycles. The van der Waals surface area contributed by atoms with Crippen molar-refractivity contribution in [1.29, 1.82) is 0 Å². The van der Waals surface area contributed by atoms with Crippen molar-refractivity contribution < 1.29 is 0 Å². The number of hydrogen-bond donors (Lipinski definition) is 0. The van der Waals surface area contributed by atoms with E-state index in [0.717, 1.165) is 101 Å². The van der Waals surface area contributed by atoms with Gasteiger partial charge in [-0.3, -0.25) is 0 Å². The normalized spacial score (nSPS) is 17.7. The first-order valence-electron chi connectivity index (χ1n) is 74.0. The van der Waals surface area contributed by atoms with Gasteiger partial charge >= 0.3 is 0 Å². The van der Waals surface area contributed by atoms with Gasteiger partial charge in [0.2, 0.25) is 0 Å². The second kappa shape index (κ2) is 212. The van der Waals surface area contributed by atoms with Crippen LogP contribution in [0.5, 0.6) is 0 Å². The van der Waals surface area contributed by atoms with Crippen LogP contribution in [-0.2, 0) is 0 Å². The molecule has 0 aliphatic heterocycles. The lowest BCUT2D eigenvalue weighted by Crippen LogP contribution is -2.50. The minimum atomic E-state index is 1.07. The van der Waals surface area contributed by atoms with Gasteiger partial charge in [-0.25, -0.2) is 0 Å². The molecule has 0 amide bonds. The van der Waals surface area contributed by atoms with E-state index in [1.807, 2.05) is 374 Å². The van der Waals surface area contributed by atoms with Gasteiger partial charge in [-0.05, 0) is 156 Å². The van der Waals surface area contributed by atoms with E-state index < -0.39 is 0 Å². The molecule has 150 heavy (non-hydrogen) atoms. The molecule has 0 heteroatoms. The average Bonchev–Trinajstić information content (AvgIpc) is 0.742. The second-order valence-corrected chi connectivity index (χ2v) is 36.5. The van der Waals surface area contributed by atoms with Crippen molar-refractivity contribution in [3.63, 3.8) is 0 Å². The molecular weight excluding hydrogens is 1800 g/mol. The van der Waals surface area contributed by atoms with E-state index in [2.05, 4.69) is 111 Å². The van der Waals surface area contributed by atoms with E-state index >= 15 is 0 Å². The summed E-state index contributed by atoms with van der Waals surface area (Å²) in [6.45, 7) is 145. The van der Waals surface area contributed by atoms with Crippen molar-refractivity contribution in [2.45, 2.75) is 857 Å². The Morgan fingerprint density at radius 3 is 0.320 bits per heavy atom. The van der Waals surface area contributed by atoms with Crippen molar-refractivity contribution in [2.75, 3.05) is 0 Å². The second-order valence-electron chi connectivity index (χ2n) is 36.5. The van der Waals surface area contributed by atoms with Gasteiger partial charge in [-0.2, -0.15) is 0 Å². The highest BCUT2D eigenvalue weighted by Gasteiger charge is 2.52. The largest absolute Gasteiger partial charge is 0.0683 e. The Morgan fingerprint density at radius 1 is 0.140 bits per heavy atom. The number of rotatable bonds is 36. The van der Waals surface area contributed by atoms with E-state index in [1.165, 1.54) is 338 Å². The standard InChI is InChI=1S/C16H26.8C10H20.27C2H6/c1-3-11(4-1)9-15(12-5-2-6-12)16-10-13-7-8-14(13)16;8*1-3-6-9(4-2)10-7-5-8-10;27*1-2/h11-16H,1-10H2;8*9-10H,3-8H2,1-2H3;27*1-2H3. The SMILES string of the molecule is C1CC(CC(C2CCC2)C2CC3CCC32)C1.CC.CC.CC.CC.CC.CC.CC.CC.CC.CC.CC.CC.CC.CC.CC.CC.CC.CC.CC.CC.CC.CC.CC.CC.CC.CC.CC.CCCC(CC)C1CCC1.CCCC(CC)C1CCC1.CCCC(CC)C1CCC1.CCCC(CC)C1CCC1.CCCC(CC)C1CCC1.CCCC(CC)C1CCC1.CCCC(CC)C1CCC1.CCCC(CC)C1CCC1. The van der Waals surface area contributed by atoms with Crippen LogP contribution in [0.15, 0.2) is 0 Å². The Bertz CT molecular complexity index is 1400. The molecule has 12 unspecified atom stereocenters. The molecule has 12 fully saturated rings. The smallest absolute Gasteiger partial charge is 0.0349 e. The van der Waals surface area contributed by atoms with Crippen molar-refractivity contribution in [2.24, 2.45) is 130 Å². The summed E-state index contributed by atoms with van der Waals surface area (Å²) in [6, 6.07) is 0. The van der Waals surface area contributed by atoms with E-state index in [1.54, 1.807) is 64.2 Å². The molecular formula is C150H348. The van der Waals surface area contributed by atoms with Crippen LogP contribution in [0.2, 0.25) is 0 Å². The zero-order valence-electron chi connectivity index (χ0n) is 124. The maximum atomic E-state index is 2.35. The molecule has 0 spiro atoms. The van der Waals surface area contributed by atoms with Crippen LogP contribution in [0.4, 0.5) is 0 Å². The molecule has 12 atom stereocenters. The Hall–Kier alpha value is 0. The third kappa shape index (κ3) is 123. The van der Waals surface area contributed by atoms with Gasteiger partial charge in [0, 0.05) is 0 Å². The van der Waals surface area contributed by atoms with Crippen molar-refractivity contribution in [3.8, 4) is 0 Å². The summed E-state index contributed by atoms with van der Waals surface area (Å²) in [5.74, 6) is 24.6. The molecule has 12 aliphatic rings. The fraction of sp³-hybridized carbons (Fsp3) is 1.00. The summed E-state index contributed by atoms with van der Waals surface area (Å²) in [6.07, 6.45) is 86.5. The summed E-state index contributed by atoms with van der Waals surface area (Å²) < 4.78 is 0. The topological polar surface area (TPSA) is 0 Å². The zero-order chi connectivity index (χ0) is 124. The summed E-state index contributed by atoms with van der Waals surface area (Å²) in [4.78, 5) is 0. The molecule has 0 N–H and O–H groups in total. The first-order valence-corrected chi connectivity index (χ1v) is 74.0. The first kappa shape index (κ1) is 210. The molecule has 948 valence electrons. The molecule has 0 aromatic carbocycles. The van der Waals surface area contributed by atoms with Crippen LogP contribution >= 0.6 is 0 Å². The minimum Gasteiger partial charge on any atom is -0.0683 e. The van der Waals surface area contributed by atoms with Crippen LogP contribution in [0, 0.1) is 130 Å². The van der Waals surface area contributed by atoms with Gasteiger partial charge < -0.3 is 0 Å². The lowest BCUT2D eigenvalue weighted by molar-refractivity contribution is -0.0906.